The number of ether oxygens (including phenoxy) is 1. The highest BCUT2D eigenvalue weighted by Crippen LogP contribution is 2.27. The van der Waals surface area contributed by atoms with Gasteiger partial charge in [0.1, 0.15) is 0 Å². The van der Waals surface area contributed by atoms with Gasteiger partial charge < -0.3 is 10.1 Å². The molecule has 1 aromatic rings. The lowest BCUT2D eigenvalue weighted by Gasteiger charge is -2.32. The summed E-state index contributed by atoms with van der Waals surface area (Å²) in [4.78, 5) is 2.55. The van der Waals surface area contributed by atoms with Crippen molar-refractivity contribution in [3.63, 3.8) is 0 Å². The van der Waals surface area contributed by atoms with Crippen LogP contribution in [0.4, 0.5) is 0 Å². The van der Waals surface area contributed by atoms with Crippen LogP contribution < -0.4 is 5.32 Å². The molecule has 3 rings (SSSR count). The zero-order valence-electron chi connectivity index (χ0n) is 11.8. The van der Waals surface area contributed by atoms with E-state index < -0.39 is 0 Å². The topological polar surface area (TPSA) is 24.5 Å². The Labute approximate surface area is 115 Å². The van der Waals surface area contributed by atoms with Crippen molar-refractivity contribution in [2.75, 3.05) is 19.6 Å². The summed E-state index contributed by atoms with van der Waals surface area (Å²) >= 11 is 0. The molecular formula is C16H24N2O. The molecule has 0 radical (unpaired) electrons. The highest BCUT2D eigenvalue weighted by molar-refractivity contribution is 5.22. The van der Waals surface area contributed by atoms with Crippen LogP contribution >= 0.6 is 0 Å². The average Bonchev–Trinajstić information content (AvgIpc) is 2.77. The SMILES string of the molecule is CCNCc1ccc(CN2CC3CCC(C2)O3)cc1. The molecular weight excluding hydrogens is 236 g/mol. The first-order valence-electron chi connectivity index (χ1n) is 7.50. The molecule has 2 aliphatic rings. The van der Waals surface area contributed by atoms with Gasteiger partial charge in [-0.15, -0.1) is 0 Å². The van der Waals surface area contributed by atoms with Gasteiger partial charge in [-0.25, -0.2) is 0 Å². The van der Waals surface area contributed by atoms with Gasteiger partial charge in [0, 0.05) is 26.2 Å². The van der Waals surface area contributed by atoms with Gasteiger partial charge in [0.15, 0.2) is 0 Å². The predicted molar refractivity (Wildman–Crippen MR) is 77.0 cm³/mol. The van der Waals surface area contributed by atoms with Crippen LogP contribution in [0.15, 0.2) is 24.3 Å². The summed E-state index contributed by atoms with van der Waals surface area (Å²) in [6.07, 6.45) is 3.49. The van der Waals surface area contributed by atoms with Crippen molar-refractivity contribution < 1.29 is 4.74 Å². The van der Waals surface area contributed by atoms with Crippen LogP contribution in [-0.4, -0.2) is 36.7 Å². The summed E-state index contributed by atoms with van der Waals surface area (Å²) in [7, 11) is 0. The lowest BCUT2D eigenvalue weighted by Crippen LogP contribution is -2.41. The van der Waals surface area contributed by atoms with Gasteiger partial charge >= 0.3 is 0 Å². The number of likely N-dealkylation sites (tertiary alicyclic amines) is 1. The first-order chi connectivity index (χ1) is 9.33. The van der Waals surface area contributed by atoms with Crippen molar-refractivity contribution in [2.45, 2.75) is 45.1 Å². The van der Waals surface area contributed by atoms with E-state index in [0.717, 1.165) is 32.7 Å². The molecule has 2 unspecified atom stereocenters. The second kappa shape index (κ2) is 6.04. The number of rotatable bonds is 5. The molecule has 2 aliphatic heterocycles. The summed E-state index contributed by atoms with van der Waals surface area (Å²) in [6.45, 7) is 7.42. The second-order valence-electron chi connectivity index (χ2n) is 5.75. The number of nitrogens with one attached hydrogen (secondary N) is 1. The Hall–Kier alpha value is -0.900. The highest BCUT2D eigenvalue weighted by atomic mass is 16.5. The number of hydrogen-bond acceptors (Lipinski definition) is 3. The van der Waals surface area contributed by atoms with Gasteiger partial charge in [0.25, 0.3) is 0 Å². The Morgan fingerprint density at radius 2 is 1.74 bits per heavy atom. The minimum absolute atomic E-state index is 0.492. The lowest BCUT2D eigenvalue weighted by atomic mass is 10.1. The van der Waals surface area contributed by atoms with Crippen molar-refractivity contribution in [3.8, 4) is 0 Å². The van der Waals surface area contributed by atoms with Gasteiger partial charge in [-0.3, -0.25) is 4.90 Å². The maximum Gasteiger partial charge on any atom is 0.0707 e. The molecule has 0 aromatic heterocycles. The molecule has 2 saturated heterocycles. The fourth-order valence-corrected chi connectivity index (χ4v) is 3.12. The predicted octanol–water partition coefficient (Wildman–Crippen LogP) is 2.16. The van der Waals surface area contributed by atoms with E-state index in [2.05, 4.69) is 41.4 Å². The fourth-order valence-electron chi connectivity index (χ4n) is 3.12. The number of benzene rings is 1. The lowest BCUT2D eigenvalue weighted by molar-refractivity contribution is -0.0410. The van der Waals surface area contributed by atoms with Gasteiger partial charge in [0.05, 0.1) is 12.2 Å². The van der Waals surface area contributed by atoms with E-state index in [1.54, 1.807) is 0 Å². The van der Waals surface area contributed by atoms with Crippen LogP contribution in [0.2, 0.25) is 0 Å². The van der Waals surface area contributed by atoms with Crippen LogP contribution in [0, 0.1) is 0 Å². The maximum atomic E-state index is 5.88. The molecule has 1 N–H and O–H groups in total. The summed E-state index contributed by atoms with van der Waals surface area (Å²) in [6, 6.07) is 9.02. The van der Waals surface area contributed by atoms with E-state index in [0.29, 0.717) is 12.2 Å². The fraction of sp³-hybridized carbons (Fsp3) is 0.625. The normalized spacial score (nSPS) is 26.8. The third kappa shape index (κ3) is 3.35. The standard InChI is InChI=1S/C16H24N2O/c1-2-17-9-13-3-5-14(6-4-13)10-18-11-15-7-8-16(12-18)19-15/h3-6,15-17H,2,7-12H2,1H3. The van der Waals surface area contributed by atoms with Crippen LogP contribution in [0.3, 0.4) is 0 Å². The van der Waals surface area contributed by atoms with Crippen LogP contribution in [0.1, 0.15) is 30.9 Å². The van der Waals surface area contributed by atoms with Crippen molar-refractivity contribution in [1.82, 2.24) is 10.2 Å². The quantitative estimate of drug-likeness (QED) is 0.878. The Morgan fingerprint density at radius 3 is 2.37 bits per heavy atom. The number of morpholine rings is 1. The maximum absolute atomic E-state index is 5.88. The first-order valence-corrected chi connectivity index (χ1v) is 7.50. The molecule has 0 saturated carbocycles. The Bertz CT molecular complexity index is 392. The molecule has 0 spiro atoms. The van der Waals surface area contributed by atoms with Gasteiger partial charge in [-0.1, -0.05) is 31.2 Å². The van der Waals surface area contributed by atoms with Crippen molar-refractivity contribution in [2.24, 2.45) is 0 Å². The van der Waals surface area contributed by atoms with E-state index in [-0.39, 0.29) is 0 Å². The van der Waals surface area contributed by atoms with E-state index in [1.165, 1.54) is 24.0 Å². The monoisotopic (exact) mass is 260 g/mol. The second-order valence-corrected chi connectivity index (χ2v) is 5.75. The molecule has 104 valence electrons. The summed E-state index contributed by atoms with van der Waals surface area (Å²) in [5.74, 6) is 0. The zero-order valence-corrected chi connectivity index (χ0v) is 11.8. The molecule has 1 aromatic carbocycles. The first kappa shape index (κ1) is 13.1. The Kier molecular flexibility index (Phi) is 4.16. The third-order valence-corrected chi connectivity index (χ3v) is 4.13. The largest absolute Gasteiger partial charge is 0.372 e. The molecule has 0 amide bonds. The number of hydrogen-bond donors (Lipinski definition) is 1. The van der Waals surface area contributed by atoms with Crippen molar-refractivity contribution in [1.29, 1.82) is 0 Å². The summed E-state index contributed by atoms with van der Waals surface area (Å²) < 4.78 is 5.88. The molecule has 0 aliphatic carbocycles. The number of fused-ring (bicyclic) bond motifs is 2. The van der Waals surface area contributed by atoms with Crippen molar-refractivity contribution in [3.05, 3.63) is 35.4 Å². The molecule has 19 heavy (non-hydrogen) atoms. The zero-order chi connectivity index (χ0) is 13.1. The van der Waals surface area contributed by atoms with E-state index in [4.69, 9.17) is 4.74 Å². The van der Waals surface area contributed by atoms with Crippen LogP contribution in [-0.2, 0) is 17.8 Å². The number of nitrogens with zero attached hydrogens (tertiary/aromatic N) is 1. The molecule has 2 heterocycles. The highest BCUT2D eigenvalue weighted by Gasteiger charge is 2.33. The Balaban J connectivity index is 1.54. The van der Waals surface area contributed by atoms with Gasteiger partial charge in [0.2, 0.25) is 0 Å². The van der Waals surface area contributed by atoms with Crippen LogP contribution in [0.5, 0.6) is 0 Å². The average molecular weight is 260 g/mol. The molecule has 2 fully saturated rings. The Morgan fingerprint density at radius 1 is 1.11 bits per heavy atom. The van der Waals surface area contributed by atoms with Crippen molar-refractivity contribution >= 4 is 0 Å². The smallest absolute Gasteiger partial charge is 0.0707 e. The van der Waals surface area contributed by atoms with E-state index in [1.807, 2.05) is 0 Å². The van der Waals surface area contributed by atoms with Crippen LogP contribution in [0.25, 0.3) is 0 Å². The van der Waals surface area contributed by atoms with E-state index in [9.17, 15) is 0 Å². The molecule has 2 atom stereocenters. The third-order valence-electron chi connectivity index (χ3n) is 4.13. The summed E-state index contributed by atoms with van der Waals surface area (Å²) in [5.41, 5.74) is 2.79. The van der Waals surface area contributed by atoms with Gasteiger partial charge in [-0.05, 0) is 30.5 Å². The van der Waals surface area contributed by atoms with E-state index >= 15 is 0 Å². The molecule has 2 bridgehead atoms. The van der Waals surface area contributed by atoms with Gasteiger partial charge in [-0.2, -0.15) is 0 Å². The molecule has 3 heteroatoms. The molecule has 3 nitrogen and oxygen atoms in total. The minimum atomic E-state index is 0.492. The summed E-state index contributed by atoms with van der Waals surface area (Å²) in [5, 5.41) is 3.36. The minimum Gasteiger partial charge on any atom is -0.372 e.